The van der Waals surface area contributed by atoms with Gasteiger partial charge in [-0.05, 0) is 12.8 Å². The summed E-state index contributed by atoms with van der Waals surface area (Å²) >= 11 is 0. The number of carbonyl (C=O) groups is 2. The molecule has 0 aromatic carbocycles. The molecule has 0 radical (unpaired) electrons. The third-order valence-electron chi connectivity index (χ3n) is 2.67. The zero-order chi connectivity index (χ0) is 7.84. The fourth-order valence-corrected chi connectivity index (χ4v) is 2.07. The Morgan fingerprint density at radius 2 is 2.27 bits per heavy atom. The van der Waals surface area contributed by atoms with Gasteiger partial charge in [-0.3, -0.25) is 4.79 Å². The van der Waals surface area contributed by atoms with Crippen LogP contribution in [0.4, 0.5) is 0 Å². The molecule has 2 aliphatic rings. The predicted octanol–water partition coefficient (Wildman–Crippen LogP) is 0.527. The minimum absolute atomic E-state index is 0.0534. The summed E-state index contributed by atoms with van der Waals surface area (Å²) in [7, 11) is 0. The summed E-state index contributed by atoms with van der Waals surface area (Å²) in [4.78, 5) is 21.3. The van der Waals surface area contributed by atoms with E-state index in [4.69, 9.17) is 4.74 Å². The molecule has 3 heteroatoms. The van der Waals surface area contributed by atoms with E-state index >= 15 is 0 Å². The summed E-state index contributed by atoms with van der Waals surface area (Å²) in [5.41, 5.74) is 0. The minimum atomic E-state index is -0.133. The van der Waals surface area contributed by atoms with Gasteiger partial charge in [0.1, 0.15) is 12.4 Å². The number of esters is 1. The van der Waals surface area contributed by atoms with Crippen molar-refractivity contribution in [3.05, 3.63) is 0 Å². The van der Waals surface area contributed by atoms with Gasteiger partial charge in [0.15, 0.2) is 0 Å². The lowest BCUT2D eigenvalue weighted by Gasteiger charge is -2.07. The van der Waals surface area contributed by atoms with Crippen molar-refractivity contribution in [1.82, 2.24) is 0 Å². The molecule has 0 amide bonds. The maximum Gasteiger partial charge on any atom is 0.306 e. The Morgan fingerprint density at radius 1 is 1.45 bits per heavy atom. The highest BCUT2D eigenvalue weighted by Crippen LogP contribution is 2.39. The van der Waals surface area contributed by atoms with Crippen LogP contribution in [0.2, 0.25) is 0 Å². The van der Waals surface area contributed by atoms with Crippen LogP contribution < -0.4 is 0 Å². The van der Waals surface area contributed by atoms with Crippen LogP contribution in [-0.4, -0.2) is 18.4 Å². The predicted molar refractivity (Wildman–Crippen MR) is 36.8 cm³/mol. The second kappa shape index (κ2) is 2.32. The molecular formula is C8H10O3. The second-order valence-corrected chi connectivity index (χ2v) is 3.27. The van der Waals surface area contributed by atoms with Gasteiger partial charge in [-0.2, -0.15) is 0 Å². The average Bonchev–Trinajstić information content (AvgIpc) is 2.45. The molecule has 0 aromatic rings. The molecule has 60 valence electrons. The Hall–Kier alpha value is -0.860. The summed E-state index contributed by atoms with van der Waals surface area (Å²) in [6.45, 7) is 0. The van der Waals surface area contributed by atoms with E-state index in [1.165, 1.54) is 0 Å². The Kier molecular flexibility index (Phi) is 1.44. The molecule has 0 aromatic heterocycles. The summed E-state index contributed by atoms with van der Waals surface area (Å²) in [5.74, 6) is 0.137. The van der Waals surface area contributed by atoms with Gasteiger partial charge in [-0.1, -0.05) is 0 Å². The Bertz CT molecular complexity index is 200. The van der Waals surface area contributed by atoms with Crippen LogP contribution in [0.5, 0.6) is 0 Å². The van der Waals surface area contributed by atoms with Crippen molar-refractivity contribution >= 4 is 12.3 Å². The molecule has 1 aliphatic carbocycles. The summed E-state index contributed by atoms with van der Waals surface area (Å²) < 4.78 is 5.02. The molecule has 0 unspecified atom stereocenters. The summed E-state index contributed by atoms with van der Waals surface area (Å²) in [5, 5.41) is 0. The molecule has 1 saturated heterocycles. The number of ether oxygens (including phenoxy) is 1. The Balaban J connectivity index is 2.12. The molecule has 1 heterocycles. The molecule has 0 spiro atoms. The lowest BCUT2D eigenvalue weighted by Crippen LogP contribution is -2.14. The molecule has 2 fully saturated rings. The number of aldehydes is 1. The topological polar surface area (TPSA) is 43.4 Å². The van der Waals surface area contributed by atoms with E-state index in [1.807, 2.05) is 0 Å². The third-order valence-corrected chi connectivity index (χ3v) is 2.67. The first-order chi connectivity index (χ1) is 5.31. The fourth-order valence-electron chi connectivity index (χ4n) is 2.07. The lowest BCUT2D eigenvalue weighted by molar-refractivity contribution is -0.141. The molecule has 0 N–H and O–H groups in total. The maximum atomic E-state index is 10.8. The smallest absolute Gasteiger partial charge is 0.306 e. The molecular weight excluding hydrogens is 144 g/mol. The van der Waals surface area contributed by atoms with Crippen LogP contribution in [0.3, 0.4) is 0 Å². The van der Waals surface area contributed by atoms with Crippen molar-refractivity contribution in [3.8, 4) is 0 Å². The van der Waals surface area contributed by atoms with Crippen molar-refractivity contribution in [2.75, 3.05) is 0 Å². The number of hydrogen-bond donors (Lipinski definition) is 0. The van der Waals surface area contributed by atoms with E-state index < -0.39 is 0 Å². The SMILES string of the molecule is O=C[C@@H]1CC[C@@H]2OC(=O)C[C@H]12. The van der Waals surface area contributed by atoms with Crippen molar-refractivity contribution in [3.63, 3.8) is 0 Å². The molecule has 0 bridgehead atoms. The first-order valence-electron chi connectivity index (χ1n) is 3.96. The van der Waals surface area contributed by atoms with Crippen LogP contribution in [0.1, 0.15) is 19.3 Å². The van der Waals surface area contributed by atoms with E-state index in [0.29, 0.717) is 6.42 Å². The molecule has 2 rings (SSSR count). The van der Waals surface area contributed by atoms with Crippen LogP contribution >= 0.6 is 0 Å². The number of carbonyl (C=O) groups excluding carboxylic acids is 2. The fraction of sp³-hybridized carbons (Fsp3) is 0.750. The van der Waals surface area contributed by atoms with Gasteiger partial charge >= 0.3 is 5.97 Å². The highest BCUT2D eigenvalue weighted by molar-refractivity contribution is 5.73. The zero-order valence-corrected chi connectivity index (χ0v) is 6.16. The van der Waals surface area contributed by atoms with Gasteiger partial charge in [0.2, 0.25) is 0 Å². The first-order valence-corrected chi connectivity index (χ1v) is 3.96. The van der Waals surface area contributed by atoms with Gasteiger partial charge in [0.05, 0.1) is 6.42 Å². The first kappa shape index (κ1) is 6.83. The van der Waals surface area contributed by atoms with Gasteiger partial charge < -0.3 is 9.53 Å². The van der Waals surface area contributed by atoms with E-state index in [0.717, 1.165) is 19.1 Å². The number of rotatable bonds is 1. The number of fused-ring (bicyclic) bond motifs is 1. The van der Waals surface area contributed by atoms with E-state index in [9.17, 15) is 9.59 Å². The van der Waals surface area contributed by atoms with Gasteiger partial charge in [0, 0.05) is 11.8 Å². The van der Waals surface area contributed by atoms with Crippen molar-refractivity contribution in [1.29, 1.82) is 0 Å². The van der Waals surface area contributed by atoms with Gasteiger partial charge in [-0.25, -0.2) is 0 Å². The highest BCUT2D eigenvalue weighted by atomic mass is 16.5. The van der Waals surface area contributed by atoms with E-state index in [1.54, 1.807) is 0 Å². The minimum Gasteiger partial charge on any atom is -0.462 e. The normalized spacial score (nSPS) is 41.8. The van der Waals surface area contributed by atoms with Gasteiger partial charge in [-0.15, -0.1) is 0 Å². The Labute approximate surface area is 64.7 Å². The van der Waals surface area contributed by atoms with Gasteiger partial charge in [0.25, 0.3) is 0 Å². The standard InChI is InChI=1S/C8H10O3/c9-4-5-1-2-7-6(5)3-8(10)11-7/h4-7H,1-3H2/t5-,6+,7-/m0/s1. The van der Waals surface area contributed by atoms with Crippen LogP contribution in [0.25, 0.3) is 0 Å². The average molecular weight is 154 g/mol. The van der Waals surface area contributed by atoms with Crippen molar-refractivity contribution < 1.29 is 14.3 Å². The third kappa shape index (κ3) is 0.951. The second-order valence-electron chi connectivity index (χ2n) is 3.27. The van der Waals surface area contributed by atoms with Crippen LogP contribution in [0, 0.1) is 11.8 Å². The molecule has 3 nitrogen and oxygen atoms in total. The van der Waals surface area contributed by atoms with Crippen molar-refractivity contribution in [2.24, 2.45) is 11.8 Å². The monoisotopic (exact) mass is 154 g/mol. The molecule has 1 aliphatic heterocycles. The Morgan fingerprint density at radius 3 is 3.00 bits per heavy atom. The van der Waals surface area contributed by atoms with E-state index in [2.05, 4.69) is 0 Å². The highest BCUT2D eigenvalue weighted by Gasteiger charge is 2.44. The molecule has 1 saturated carbocycles. The summed E-state index contributed by atoms with van der Waals surface area (Å²) in [6, 6.07) is 0. The lowest BCUT2D eigenvalue weighted by atomic mass is 9.95. The molecule has 11 heavy (non-hydrogen) atoms. The number of hydrogen-bond acceptors (Lipinski definition) is 3. The van der Waals surface area contributed by atoms with Crippen LogP contribution in [0.15, 0.2) is 0 Å². The van der Waals surface area contributed by atoms with E-state index in [-0.39, 0.29) is 23.9 Å². The largest absolute Gasteiger partial charge is 0.462 e. The van der Waals surface area contributed by atoms with Crippen LogP contribution in [-0.2, 0) is 14.3 Å². The summed E-state index contributed by atoms with van der Waals surface area (Å²) in [6.07, 6.45) is 3.24. The molecule has 3 atom stereocenters. The van der Waals surface area contributed by atoms with Crippen molar-refractivity contribution in [2.45, 2.75) is 25.4 Å². The maximum absolute atomic E-state index is 10.8. The quantitative estimate of drug-likeness (QED) is 0.408. The zero-order valence-electron chi connectivity index (χ0n) is 6.16.